The van der Waals surface area contributed by atoms with Crippen molar-refractivity contribution in [2.45, 2.75) is 63.4 Å². The number of aryl methyl sites for hydroxylation is 1. The van der Waals surface area contributed by atoms with E-state index in [1.807, 2.05) is 31.4 Å². The third-order valence-electron chi connectivity index (χ3n) is 8.66. The van der Waals surface area contributed by atoms with Crippen molar-refractivity contribution in [2.75, 3.05) is 38.2 Å². The molecule has 0 saturated carbocycles. The zero-order valence-electron chi connectivity index (χ0n) is 26.0. The number of hydrogen-bond donors (Lipinski definition) is 0. The lowest BCUT2D eigenvalue weighted by molar-refractivity contribution is 0.0512. The van der Waals surface area contributed by atoms with E-state index in [1.54, 1.807) is 19.2 Å². The molecular weight excluding hydrogens is 581 g/mol. The second-order valence-electron chi connectivity index (χ2n) is 12.3. The molecule has 43 heavy (non-hydrogen) atoms. The van der Waals surface area contributed by atoms with Gasteiger partial charge in [0.2, 0.25) is 0 Å². The number of benzene rings is 2. The molecule has 226 valence electrons. The van der Waals surface area contributed by atoms with Crippen LogP contribution in [-0.2, 0) is 9.16 Å². The van der Waals surface area contributed by atoms with E-state index in [1.165, 1.54) is 11.8 Å². The van der Waals surface area contributed by atoms with Gasteiger partial charge in [-0.05, 0) is 61.3 Å². The summed E-state index contributed by atoms with van der Waals surface area (Å²) in [4.78, 5) is 25.6. The Labute approximate surface area is 257 Å². The second kappa shape index (κ2) is 11.9. The van der Waals surface area contributed by atoms with E-state index in [4.69, 9.17) is 28.3 Å². The lowest BCUT2D eigenvalue weighted by Crippen LogP contribution is -2.54. The van der Waals surface area contributed by atoms with Crippen LogP contribution < -0.4 is 15.3 Å². The van der Waals surface area contributed by atoms with Crippen LogP contribution in [-0.4, -0.2) is 57.6 Å². The van der Waals surface area contributed by atoms with Gasteiger partial charge in [0.25, 0.3) is 0 Å². The average molecular weight is 619 g/mol. The Bertz CT molecular complexity index is 1790. The summed E-state index contributed by atoms with van der Waals surface area (Å²) in [7, 11) is -0.399. The van der Waals surface area contributed by atoms with Crippen LogP contribution in [0.1, 0.15) is 38.3 Å². The standard InChI is InChI=1S/C32H38N4O5SSi/c1-19-27-26(29(35-31(34-27)42-6)36-13-12-22(36)17-40-43(7,8)32(2,3)4)30(37)41-28(19)24-15-23(39-18-38-5)14-20-10-9-11-21(16-33)25(20)24/h9-11,14-15,22H,12-13,17-18H2,1-8H3/t22-/m0/s1. The molecular formula is C32H38N4O5SSi. The van der Waals surface area contributed by atoms with Crippen LogP contribution in [0.3, 0.4) is 0 Å². The van der Waals surface area contributed by atoms with E-state index < -0.39 is 13.9 Å². The van der Waals surface area contributed by atoms with Crippen molar-refractivity contribution in [3.05, 3.63) is 51.9 Å². The number of methoxy groups -OCH3 is 1. The minimum absolute atomic E-state index is 0.0490. The first-order chi connectivity index (χ1) is 20.4. The molecule has 0 amide bonds. The van der Waals surface area contributed by atoms with Crippen LogP contribution in [0.2, 0.25) is 18.1 Å². The molecule has 0 aliphatic carbocycles. The summed E-state index contributed by atoms with van der Waals surface area (Å²) in [6.45, 7) is 14.5. The van der Waals surface area contributed by atoms with Gasteiger partial charge in [0.05, 0.1) is 29.8 Å². The molecule has 1 aliphatic heterocycles. The summed E-state index contributed by atoms with van der Waals surface area (Å²) in [5.74, 6) is 1.44. The summed E-state index contributed by atoms with van der Waals surface area (Å²) in [5.41, 5.74) is 1.72. The summed E-state index contributed by atoms with van der Waals surface area (Å²) < 4.78 is 23.5. The van der Waals surface area contributed by atoms with Crippen LogP contribution in [0.25, 0.3) is 33.0 Å². The van der Waals surface area contributed by atoms with Gasteiger partial charge in [-0.1, -0.05) is 44.7 Å². The molecule has 2 aromatic carbocycles. The molecule has 1 fully saturated rings. The van der Waals surface area contributed by atoms with Crippen molar-refractivity contribution < 1.29 is 18.3 Å². The summed E-state index contributed by atoms with van der Waals surface area (Å²) in [6.07, 6.45) is 2.87. The first kappa shape index (κ1) is 31.0. The van der Waals surface area contributed by atoms with Crippen molar-refractivity contribution in [1.82, 2.24) is 9.97 Å². The third kappa shape index (κ3) is 5.77. The minimum Gasteiger partial charge on any atom is -0.468 e. The molecule has 2 aromatic heterocycles. The summed E-state index contributed by atoms with van der Waals surface area (Å²) in [5, 5.41) is 12.4. The molecule has 0 N–H and O–H groups in total. The average Bonchev–Trinajstić information content (AvgIpc) is 2.95. The number of rotatable bonds is 9. The zero-order chi connectivity index (χ0) is 31.1. The van der Waals surface area contributed by atoms with E-state index in [9.17, 15) is 10.1 Å². The fraction of sp³-hybridized carbons (Fsp3) is 0.438. The molecule has 11 heteroatoms. The quantitative estimate of drug-likeness (QED) is 0.0851. The monoisotopic (exact) mass is 618 g/mol. The van der Waals surface area contributed by atoms with Crippen LogP contribution in [0.4, 0.5) is 5.82 Å². The molecule has 4 aromatic rings. The van der Waals surface area contributed by atoms with Gasteiger partial charge in [-0.3, -0.25) is 0 Å². The van der Waals surface area contributed by atoms with E-state index in [0.29, 0.717) is 62.1 Å². The second-order valence-corrected chi connectivity index (χ2v) is 17.9. The van der Waals surface area contributed by atoms with Gasteiger partial charge in [0.15, 0.2) is 20.3 Å². The molecule has 1 aliphatic rings. The highest BCUT2D eigenvalue weighted by atomic mass is 32.2. The van der Waals surface area contributed by atoms with Gasteiger partial charge in [0, 0.05) is 30.2 Å². The molecule has 0 bridgehead atoms. The maximum Gasteiger partial charge on any atom is 0.349 e. The molecule has 1 atom stereocenters. The van der Waals surface area contributed by atoms with Crippen molar-refractivity contribution in [1.29, 1.82) is 5.26 Å². The maximum absolute atomic E-state index is 13.9. The number of aromatic nitrogens is 2. The summed E-state index contributed by atoms with van der Waals surface area (Å²) >= 11 is 1.43. The number of fused-ring (bicyclic) bond motifs is 2. The molecule has 0 radical (unpaired) electrons. The number of nitrogens with zero attached hydrogens (tertiary/aromatic N) is 4. The Kier molecular flexibility index (Phi) is 8.60. The van der Waals surface area contributed by atoms with Crippen molar-refractivity contribution in [2.24, 2.45) is 0 Å². The fourth-order valence-electron chi connectivity index (χ4n) is 5.07. The molecule has 3 heterocycles. The third-order valence-corrected chi connectivity index (χ3v) is 13.7. The van der Waals surface area contributed by atoms with Crippen LogP contribution in [0.5, 0.6) is 5.75 Å². The summed E-state index contributed by atoms with van der Waals surface area (Å²) in [6, 6.07) is 11.5. The van der Waals surface area contributed by atoms with Gasteiger partial charge in [-0.2, -0.15) is 5.26 Å². The minimum atomic E-state index is -1.95. The number of anilines is 1. The van der Waals surface area contributed by atoms with Gasteiger partial charge in [0.1, 0.15) is 22.7 Å². The predicted octanol–water partition coefficient (Wildman–Crippen LogP) is 6.89. The Morgan fingerprint density at radius 1 is 1.21 bits per heavy atom. The van der Waals surface area contributed by atoms with Gasteiger partial charge < -0.3 is 23.2 Å². The number of hydrogen-bond acceptors (Lipinski definition) is 10. The van der Waals surface area contributed by atoms with E-state index >= 15 is 0 Å². The fourth-order valence-corrected chi connectivity index (χ4v) is 6.47. The number of nitriles is 1. The number of thioether (sulfide) groups is 1. The van der Waals surface area contributed by atoms with Crippen LogP contribution in [0.15, 0.2) is 44.7 Å². The Hall–Kier alpha value is -3.43. The number of ether oxygens (including phenoxy) is 2. The zero-order valence-corrected chi connectivity index (χ0v) is 27.8. The maximum atomic E-state index is 13.9. The van der Waals surface area contributed by atoms with Crippen molar-refractivity contribution in [3.8, 4) is 23.1 Å². The van der Waals surface area contributed by atoms with Crippen molar-refractivity contribution in [3.63, 3.8) is 0 Å². The van der Waals surface area contributed by atoms with Crippen molar-refractivity contribution >= 4 is 47.6 Å². The lowest BCUT2D eigenvalue weighted by Gasteiger charge is -2.45. The highest BCUT2D eigenvalue weighted by molar-refractivity contribution is 7.98. The Morgan fingerprint density at radius 3 is 2.60 bits per heavy atom. The van der Waals surface area contributed by atoms with Gasteiger partial charge in [-0.15, -0.1) is 0 Å². The largest absolute Gasteiger partial charge is 0.468 e. The highest BCUT2D eigenvalue weighted by Gasteiger charge is 2.40. The first-order valence-electron chi connectivity index (χ1n) is 14.3. The van der Waals surface area contributed by atoms with Crippen LogP contribution >= 0.6 is 11.8 Å². The molecule has 0 spiro atoms. The molecule has 9 nitrogen and oxygen atoms in total. The predicted molar refractivity (Wildman–Crippen MR) is 174 cm³/mol. The van der Waals surface area contributed by atoms with Gasteiger partial charge >= 0.3 is 5.63 Å². The highest BCUT2D eigenvalue weighted by Crippen LogP contribution is 2.41. The molecule has 5 rings (SSSR count). The first-order valence-corrected chi connectivity index (χ1v) is 18.4. The SMILES string of the molecule is COCOc1cc(-c2oc(=O)c3c(N4CC[C@H]4CO[Si](C)(C)C(C)(C)C)nc(SC)nc3c2C)c2c(C#N)cccc2c1. The Morgan fingerprint density at radius 2 is 1.98 bits per heavy atom. The lowest BCUT2D eigenvalue weighted by atomic mass is 9.95. The van der Waals surface area contributed by atoms with E-state index in [-0.39, 0.29) is 17.9 Å². The topological polar surface area (TPSA) is 111 Å². The normalized spacial score (nSPS) is 15.5. The van der Waals surface area contributed by atoms with E-state index in [0.717, 1.165) is 18.4 Å². The van der Waals surface area contributed by atoms with E-state index in [2.05, 4.69) is 44.8 Å². The van der Waals surface area contributed by atoms with Gasteiger partial charge in [-0.25, -0.2) is 14.8 Å². The smallest absolute Gasteiger partial charge is 0.349 e. The Balaban J connectivity index is 1.66. The molecule has 1 saturated heterocycles. The molecule has 0 unspecified atom stereocenters. The van der Waals surface area contributed by atoms with Crippen LogP contribution in [0, 0.1) is 18.3 Å².